The van der Waals surface area contributed by atoms with E-state index in [0.717, 1.165) is 12.1 Å². The molecule has 0 heterocycles. The van der Waals surface area contributed by atoms with E-state index in [1.807, 2.05) is 0 Å². The van der Waals surface area contributed by atoms with Gasteiger partial charge in [-0.1, -0.05) is 6.07 Å². The van der Waals surface area contributed by atoms with Crippen LogP contribution >= 0.6 is 0 Å². The number of rotatable bonds is 2. The molecule has 0 saturated heterocycles. The first-order chi connectivity index (χ1) is 6.02. The molecule has 4 nitrogen and oxygen atoms in total. The summed E-state index contributed by atoms with van der Waals surface area (Å²) in [4.78, 5) is 10.6. The van der Waals surface area contributed by atoms with Crippen LogP contribution in [0.15, 0.2) is 18.2 Å². The molecule has 1 rings (SSSR count). The highest BCUT2D eigenvalue weighted by Crippen LogP contribution is 2.01. The second-order valence-corrected chi connectivity index (χ2v) is 2.47. The molecule has 0 bridgehead atoms. The Morgan fingerprint density at radius 1 is 1.46 bits per heavy atom. The molecule has 0 saturated carbocycles. The molecule has 1 aromatic carbocycles. The Balaban J connectivity index is 3.13. The standard InChI is InChI=1S/C7H7BFNO3/c9-6-3-4(7(10)11)1-2-5(6)8(12)13/h1-3,12-13H,(H2,10,11). The average Bonchev–Trinajstić information content (AvgIpc) is 2.03. The molecule has 0 aliphatic carbocycles. The van der Waals surface area contributed by atoms with Crippen molar-refractivity contribution in [3.8, 4) is 0 Å². The van der Waals surface area contributed by atoms with Gasteiger partial charge < -0.3 is 15.8 Å². The smallest absolute Gasteiger partial charge is 0.423 e. The van der Waals surface area contributed by atoms with Crippen LogP contribution in [0.5, 0.6) is 0 Å². The molecule has 0 aliphatic heterocycles. The van der Waals surface area contributed by atoms with Crippen molar-refractivity contribution in [1.29, 1.82) is 0 Å². The summed E-state index contributed by atoms with van der Waals surface area (Å²) >= 11 is 0. The fraction of sp³-hybridized carbons (Fsp3) is 0. The Kier molecular flexibility index (Phi) is 2.65. The number of nitrogens with two attached hydrogens (primary N) is 1. The van der Waals surface area contributed by atoms with Crippen molar-refractivity contribution in [2.75, 3.05) is 0 Å². The van der Waals surface area contributed by atoms with Gasteiger partial charge in [0, 0.05) is 11.0 Å². The summed E-state index contributed by atoms with van der Waals surface area (Å²) < 4.78 is 12.9. The van der Waals surface area contributed by atoms with Gasteiger partial charge in [0.1, 0.15) is 5.82 Å². The Bertz CT molecular complexity index is 343. The number of carbonyl (C=O) groups is 1. The second kappa shape index (κ2) is 3.55. The van der Waals surface area contributed by atoms with Gasteiger partial charge in [-0.3, -0.25) is 4.79 Å². The predicted octanol–water partition coefficient (Wildman–Crippen LogP) is -1.40. The van der Waals surface area contributed by atoms with E-state index >= 15 is 0 Å². The summed E-state index contributed by atoms with van der Waals surface area (Å²) in [7, 11) is -1.89. The molecular weight excluding hydrogens is 176 g/mol. The van der Waals surface area contributed by atoms with Crippen molar-refractivity contribution in [3.05, 3.63) is 29.6 Å². The number of hydrogen-bond donors (Lipinski definition) is 3. The summed E-state index contributed by atoms with van der Waals surface area (Å²) in [6.45, 7) is 0. The lowest BCUT2D eigenvalue weighted by Crippen LogP contribution is -2.33. The minimum atomic E-state index is -1.89. The summed E-state index contributed by atoms with van der Waals surface area (Å²) in [5.41, 5.74) is 4.58. The van der Waals surface area contributed by atoms with Crippen molar-refractivity contribution < 1.29 is 19.2 Å². The van der Waals surface area contributed by atoms with Crippen LogP contribution in [-0.4, -0.2) is 23.1 Å². The van der Waals surface area contributed by atoms with E-state index in [1.54, 1.807) is 0 Å². The lowest BCUT2D eigenvalue weighted by atomic mass is 9.79. The first-order valence-electron chi connectivity index (χ1n) is 3.47. The molecule has 0 radical (unpaired) electrons. The average molecular weight is 183 g/mol. The van der Waals surface area contributed by atoms with E-state index in [0.29, 0.717) is 0 Å². The molecule has 0 spiro atoms. The van der Waals surface area contributed by atoms with Crippen molar-refractivity contribution >= 4 is 18.5 Å². The molecule has 0 atom stereocenters. The maximum absolute atomic E-state index is 12.9. The summed E-state index contributed by atoms with van der Waals surface area (Å²) in [6, 6.07) is 3.18. The van der Waals surface area contributed by atoms with E-state index in [4.69, 9.17) is 15.8 Å². The van der Waals surface area contributed by atoms with Gasteiger partial charge in [0.05, 0.1) is 0 Å². The minimum Gasteiger partial charge on any atom is -0.423 e. The maximum atomic E-state index is 12.9. The van der Waals surface area contributed by atoms with Gasteiger partial charge >= 0.3 is 7.12 Å². The normalized spacial score (nSPS) is 9.77. The molecule has 1 amide bonds. The van der Waals surface area contributed by atoms with Crippen molar-refractivity contribution in [1.82, 2.24) is 0 Å². The van der Waals surface area contributed by atoms with E-state index in [2.05, 4.69) is 0 Å². The van der Waals surface area contributed by atoms with E-state index in [-0.39, 0.29) is 11.0 Å². The molecule has 1 aromatic rings. The number of benzene rings is 1. The van der Waals surface area contributed by atoms with Gasteiger partial charge in [-0.05, 0) is 12.1 Å². The van der Waals surface area contributed by atoms with Crippen LogP contribution in [-0.2, 0) is 0 Å². The molecule has 0 aliphatic rings. The highest BCUT2D eigenvalue weighted by Gasteiger charge is 2.17. The van der Waals surface area contributed by atoms with Crippen LogP contribution < -0.4 is 11.2 Å². The van der Waals surface area contributed by atoms with Crippen molar-refractivity contribution in [2.45, 2.75) is 0 Å². The first kappa shape index (κ1) is 9.69. The molecule has 6 heteroatoms. The van der Waals surface area contributed by atoms with Crippen LogP contribution in [0.4, 0.5) is 4.39 Å². The zero-order chi connectivity index (χ0) is 10.0. The van der Waals surface area contributed by atoms with Gasteiger partial charge in [-0.25, -0.2) is 4.39 Å². The van der Waals surface area contributed by atoms with Crippen LogP contribution in [0.1, 0.15) is 10.4 Å². The van der Waals surface area contributed by atoms with Crippen molar-refractivity contribution in [3.63, 3.8) is 0 Å². The zero-order valence-corrected chi connectivity index (χ0v) is 6.57. The number of halogens is 1. The third-order valence-corrected chi connectivity index (χ3v) is 1.56. The fourth-order valence-electron chi connectivity index (χ4n) is 0.890. The van der Waals surface area contributed by atoms with Gasteiger partial charge in [0.15, 0.2) is 0 Å². The van der Waals surface area contributed by atoms with E-state index in [1.165, 1.54) is 6.07 Å². The Labute approximate surface area is 73.9 Å². The SMILES string of the molecule is NC(=O)c1ccc(B(O)O)c(F)c1. The molecule has 68 valence electrons. The van der Waals surface area contributed by atoms with Gasteiger partial charge in [-0.2, -0.15) is 0 Å². The lowest BCUT2D eigenvalue weighted by molar-refractivity contribution is 0.1000. The summed E-state index contributed by atoms with van der Waals surface area (Å²) in [5.74, 6) is -1.64. The number of primary amides is 1. The molecule has 0 unspecified atom stereocenters. The van der Waals surface area contributed by atoms with Crippen LogP contribution in [0.2, 0.25) is 0 Å². The van der Waals surface area contributed by atoms with Crippen LogP contribution in [0.3, 0.4) is 0 Å². The fourth-order valence-corrected chi connectivity index (χ4v) is 0.890. The number of hydrogen-bond acceptors (Lipinski definition) is 3. The molecular formula is C7H7BFNO3. The van der Waals surface area contributed by atoms with Gasteiger partial charge in [0.2, 0.25) is 5.91 Å². The van der Waals surface area contributed by atoms with Gasteiger partial charge in [0.25, 0.3) is 0 Å². The monoisotopic (exact) mass is 183 g/mol. The third kappa shape index (κ3) is 2.04. The van der Waals surface area contributed by atoms with E-state index < -0.39 is 18.8 Å². The molecule has 13 heavy (non-hydrogen) atoms. The molecule has 0 aromatic heterocycles. The number of carbonyl (C=O) groups excluding carboxylic acids is 1. The largest absolute Gasteiger partial charge is 0.491 e. The van der Waals surface area contributed by atoms with E-state index in [9.17, 15) is 9.18 Å². The topological polar surface area (TPSA) is 83.6 Å². The maximum Gasteiger partial charge on any atom is 0.491 e. The Morgan fingerprint density at radius 3 is 2.46 bits per heavy atom. The number of amides is 1. The second-order valence-electron chi connectivity index (χ2n) is 2.47. The molecule has 4 N–H and O–H groups in total. The Hall–Kier alpha value is -1.40. The quantitative estimate of drug-likeness (QED) is 0.493. The van der Waals surface area contributed by atoms with Crippen LogP contribution in [0, 0.1) is 5.82 Å². The van der Waals surface area contributed by atoms with Crippen molar-refractivity contribution in [2.24, 2.45) is 5.73 Å². The highest BCUT2D eigenvalue weighted by atomic mass is 19.1. The lowest BCUT2D eigenvalue weighted by Gasteiger charge is -2.02. The predicted molar refractivity (Wildman–Crippen MR) is 44.7 cm³/mol. The zero-order valence-electron chi connectivity index (χ0n) is 6.57. The summed E-state index contributed by atoms with van der Waals surface area (Å²) in [6.07, 6.45) is 0. The van der Waals surface area contributed by atoms with Crippen LogP contribution in [0.25, 0.3) is 0 Å². The minimum absolute atomic E-state index is 0.0121. The Morgan fingerprint density at radius 2 is 2.08 bits per heavy atom. The molecule has 0 fully saturated rings. The summed E-state index contributed by atoms with van der Waals surface area (Å²) in [5, 5.41) is 17.3. The highest BCUT2D eigenvalue weighted by molar-refractivity contribution is 6.58. The third-order valence-electron chi connectivity index (χ3n) is 1.56. The van der Waals surface area contributed by atoms with Gasteiger partial charge in [-0.15, -0.1) is 0 Å². The first-order valence-corrected chi connectivity index (χ1v) is 3.47.